The number of nitrogens with zero attached hydrogens (tertiary/aromatic N) is 2. The van der Waals surface area contributed by atoms with Gasteiger partial charge in [0, 0.05) is 23.4 Å². The maximum absolute atomic E-state index is 10.8. The van der Waals surface area contributed by atoms with E-state index >= 15 is 0 Å². The van der Waals surface area contributed by atoms with Crippen molar-refractivity contribution >= 4 is 17.3 Å². The molecule has 5 heteroatoms. The van der Waals surface area contributed by atoms with E-state index in [2.05, 4.69) is 9.88 Å². The van der Waals surface area contributed by atoms with Crippen LogP contribution in [0.25, 0.3) is 0 Å². The Morgan fingerprint density at radius 1 is 1.62 bits per heavy atom. The van der Waals surface area contributed by atoms with Crippen molar-refractivity contribution in [3.63, 3.8) is 0 Å². The summed E-state index contributed by atoms with van der Waals surface area (Å²) in [6, 6.07) is 0.714. The van der Waals surface area contributed by atoms with Gasteiger partial charge in [-0.2, -0.15) is 0 Å². The van der Waals surface area contributed by atoms with Crippen LogP contribution in [0.5, 0.6) is 0 Å². The van der Waals surface area contributed by atoms with Gasteiger partial charge in [0.15, 0.2) is 0 Å². The summed E-state index contributed by atoms with van der Waals surface area (Å²) in [5, 5.41) is 10.0. The van der Waals surface area contributed by atoms with Crippen molar-refractivity contribution < 1.29 is 9.90 Å². The summed E-state index contributed by atoms with van der Waals surface area (Å²) in [6.07, 6.45) is 3.14. The Kier molecular flexibility index (Phi) is 2.26. The van der Waals surface area contributed by atoms with E-state index in [-0.39, 0.29) is 6.54 Å². The van der Waals surface area contributed by atoms with Crippen LogP contribution in [0, 0.1) is 6.92 Å². The van der Waals surface area contributed by atoms with Crippen LogP contribution in [0.1, 0.15) is 34.5 Å². The zero-order valence-corrected chi connectivity index (χ0v) is 9.96. The molecule has 2 bridgehead atoms. The summed E-state index contributed by atoms with van der Waals surface area (Å²) in [7, 11) is 0. The van der Waals surface area contributed by atoms with Crippen LogP contribution in [-0.2, 0) is 11.2 Å². The summed E-state index contributed by atoms with van der Waals surface area (Å²) >= 11 is 1.73. The molecule has 2 unspecified atom stereocenters. The van der Waals surface area contributed by atoms with Crippen LogP contribution in [0.4, 0.5) is 0 Å². The summed E-state index contributed by atoms with van der Waals surface area (Å²) < 4.78 is 0. The molecule has 2 atom stereocenters. The molecule has 0 spiro atoms. The molecule has 3 rings (SSSR count). The molecule has 4 nitrogen and oxygen atoms in total. The van der Waals surface area contributed by atoms with Gasteiger partial charge in [-0.1, -0.05) is 0 Å². The third-order valence-electron chi connectivity index (χ3n) is 3.53. The topological polar surface area (TPSA) is 53.4 Å². The molecule has 1 aromatic rings. The second-order valence-electron chi connectivity index (χ2n) is 4.56. The number of fused-ring (bicyclic) bond motifs is 4. The van der Waals surface area contributed by atoms with Gasteiger partial charge in [-0.3, -0.25) is 9.69 Å². The van der Waals surface area contributed by atoms with E-state index in [9.17, 15) is 4.79 Å². The fraction of sp³-hybridized carbons (Fsp3) is 0.636. The Hall–Kier alpha value is -0.940. The Labute approximate surface area is 97.9 Å². The SMILES string of the molecule is Cc1nc2c(s1)C1CCC(C2)N1CC(=O)O. The van der Waals surface area contributed by atoms with Crippen LogP contribution in [0.15, 0.2) is 0 Å². The number of hydrogen-bond acceptors (Lipinski definition) is 4. The lowest BCUT2D eigenvalue weighted by Crippen LogP contribution is -2.40. The average Bonchev–Trinajstić information content (AvgIpc) is 2.68. The first kappa shape index (κ1) is 10.2. The first-order valence-corrected chi connectivity index (χ1v) is 6.40. The van der Waals surface area contributed by atoms with Crippen molar-refractivity contribution in [2.75, 3.05) is 6.54 Å². The zero-order valence-electron chi connectivity index (χ0n) is 9.14. The van der Waals surface area contributed by atoms with Gasteiger partial charge >= 0.3 is 5.97 Å². The fourth-order valence-corrected chi connectivity index (χ4v) is 4.06. The van der Waals surface area contributed by atoms with E-state index < -0.39 is 5.97 Å². The summed E-state index contributed by atoms with van der Waals surface area (Å²) in [4.78, 5) is 18.9. The highest BCUT2D eigenvalue weighted by Crippen LogP contribution is 2.45. The van der Waals surface area contributed by atoms with Crippen molar-refractivity contribution in [2.45, 2.75) is 38.3 Å². The van der Waals surface area contributed by atoms with Gasteiger partial charge in [0.2, 0.25) is 0 Å². The quantitative estimate of drug-likeness (QED) is 0.850. The molecule has 0 aliphatic carbocycles. The van der Waals surface area contributed by atoms with Crippen LogP contribution >= 0.6 is 11.3 Å². The monoisotopic (exact) mass is 238 g/mol. The number of carboxylic acid groups (broad SMARTS) is 1. The predicted molar refractivity (Wildman–Crippen MR) is 60.7 cm³/mol. The molecule has 0 saturated carbocycles. The van der Waals surface area contributed by atoms with Crippen molar-refractivity contribution in [2.24, 2.45) is 0 Å². The Balaban J connectivity index is 1.95. The fourth-order valence-electron chi connectivity index (χ4n) is 2.95. The van der Waals surface area contributed by atoms with Gasteiger partial charge in [-0.25, -0.2) is 4.98 Å². The highest BCUT2D eigenvalue weighted by molar-refractivity contribution is 7.11. The highest BCUT2D eigenvalue weighted by Gasteiger charge is 2.42. The van der Waals surface area contributed by atoms with Gasteiger partial charge in [-0.15, -0.1) is 11.3 Å². The second kappa shape index (κ2) is 3.53. The molecule has 1 fully saturated rings. The van der Waals surface area contributed by atoms with Crippen molar-refractivity contribution in [1.82, 2.24) is 9.88 Å². The summed E-state index contributed by atoms with van der Waals surface area (Å²) in [5.74, 6) is -0.721. The summed E-state index contributed by atoms with van der Waals surface area (Å²) in [6.45, 7) is 2.20. The van der Waals surface area contributed by atoms with Gasteiger partial charge in [0.25, 0.3) is 0 Å². The first-order chi connectivity index (χ1) is 7.65. The molecule has 0 aromatic carbocycles. The molecular weight excluding hydrogens is 224 g/mol. The minimum Gasteiger partial charge on any atom is -0.480 e. The molecule has 1 N–H and O–H groups in total. The van der Waals surface area contributed by atoms with E-state index in [0.717, 1.165) is 24.3 Å². The number of hydrogen-bond donors (Lipinski definition) is 1. The van der Waals surface area contributed by atoms with E-state index in [1.807, 2.05) is 6.92 Å². The standard InChI is InChI=1S/C11H14N2O2S/c1-6-12-8-4-7-2-3-9(11(8)16-6)13(7)5-10(14)15/h7,9H,2-5H2,1H3,(H,14,15). The van der Waals surface area contributed by atoms with Crippen LogP contribution in [0.3, 0.4) is 0 Å². The average molecular weight is 238 g/mol. The molecule has 2 aliphatic heterocycles. The lowest BCUT2D eigenvalue weighted by atomic mass is 10.1. The van der Waals surface area contributed by atoms with E-state index in [1.54, 1.807) is 11.3 Å². The van der Waals surface area contributed by atoms with Gasteiger partial charge in [0.05, 0.1) is 17.2 Å². The van der Waals surface area contributed by atoms with Gasteiger partial charge in [-0.05, 0) is 19.8 Å². The minimum absolute atomic E-state index is 0.172. The number of thiazole rings is 1. The van der Waals surface area contributed by atoms with Crippen molar-refractivity contribution in [1.29, 1.82) is 0 Å². The lowest BCUT2D eigenvalue weighted by molar-refractivity contribution is -0.139. The number of carbonyl (C=O) groups is 1. The van der Waals surface area contributed by atoms with Crippen LogP contribution in [-0.4, -0.2) is 33.5 Å². The van der Waals surface area contributed by atoms with Crippen molar-refractivity contribution in [3.05, 3.63) is 15.6 Å². The number of carboxylic acids is 1. The lowest BCUT2D eigenvalue weighted by Gasteiger charge is -2.32. The third kappa shape index (κ3) is 1.46. The molecule has 16 heavy (non-hydrogen) atoms. The van der Waals surface area contributed by atoms with Crippen molar-refractivity contribution in [3.8, 4) is 0 Å². The molecule has 0 amide bonds. The Morgan fingerprint density at radius 3 is 3.19 bits per heavy atom. The third-order valence-corrected chi connectivity index (χ3v) is 4.64. The molecule has 2 aliphatic rings. The maximum atomic E-state index is 10.8. The Morgan fingerprint density at radius 2 is 2.44 bits per heavy atom. The van der Waals surface area contributed by atoms with Crippen LogP contribution in [0.2, 0.25) is 0 Å². The number of aromatic nitrogens is 1. The normalized spacial score (nSPS) is 28.1. The summed E-state index contributed by atoms with van der Waals surface area (Å²) in [5.41, 5.74) is 1.22. The molecule has 1 aromatic heterocycles. The Bertz CT molecular complexity index is 443. The molecule has 1 saturated heterocycles. The molecule has 0 radical (unpaired) electrons. The van der Waals surface area contributed by atoms with Crippen LogP contribution < -0.4 is 0 Å². The highest BCUT2D eigenvalue weighted by atomic mass is 32.1. The smallest absolute Gasteiger partial charge is 0.317 e. The van der Waals surface area contributed by atoms with E-state index in [4.69, 9.17) is 5.11 Å². The molecule has 86 valence electrons. The number of rotatable bonds is 2. The predicted octanol–water partition coefficient (Wildman–Crippen LogP) is 1.60. The van der Waals surface area contributed by atoms with E-state index in [1.165, 1.54) is 10.6 Å². The minimum atomic E-state index is -0.721. The van der Waals surface area contributed by atoms with Gasteiger partial charge in [0.1, 0.15) is 0 Å². The maximum Gasteiger partial charge on any atom is 0.317 e. The molecule has 3 heterocycles. The first-order valence-electron chi connectivity index (χ1n) is 5.59. The largest absolute Gasteiger partial charge is 0.480 e. The van der Waals surface area contributed by atoms with E-state index in [0.29, 0.717) is 12.1 Å². The second-order valence-corrected chi connectivity index (χ2v) is 5.80. The van der Waals surface area contributed by atoms with Gasteiger partial charge < -0.3 is 5.11 Å². The molecular formula is C11H14N2O2S. The number of aryl methyl sites for hydroxylation is 1. The zero-order chi connectivity index (χ0) is 11.3. The number of aliphatic carboxylic acids is 1.